The van der Waals surface area contributed by atoms with E-state index in [-0.39, 0.29) is 7.92 Å². The van der Waals surface area contributed by atoms with Gasteiger partial charge in [0, 0.05) is 6.42 Å². The van der Waals surface area contributed by atoms with Crippen molar-refractivity contribution >= 4 is 7.92 Å². The van der Waals surface area contributed by atoms with Crippen LogP contribution in [0.1, 0.15) is 40.5 Å². The van der Waals surface area contributed by atoms with Gasteiger partial charge in [-0.2, -0.15) is 0 Å². The van der Waals surface area contributed by atoms with Crippen molar-refractivity contribution in [2.45, 2.75) is 51.9 Å². The van der Waals surface area contributed by atoms with Gasteiger partial charge in [-0.05, 0) is 41.3 Å². The minimum absolute atomic E-state index is 0.0910. The Kier molecular flexibility index (Phi) is 3.90. The van der Waals surface area contributed by atoms with Crippen molar-refractivity contribution in [3.05, 3.63) is 30.0 Å². The third kappa shape index (κ3) is 2.28. The molecular formula is C15H24P. The Morgan fingerprint density at radius 1 is 1.00 bits per heavy atom. The predicted molar refractivity (Wildman–Crippen MR) is 74.9 cm³/mol. The molecule has 16 heavy (non-hydrogen) atoms. The van der Waals surface area contributed by atoms with Gasteiger partial charge in [0.2, 0.25) is 0 Å². The van der Waals surface area contributed by atoms with Crippen molar-refractivity contribution in [1.29, 1.82) is 0 Å². The molecule has 0 aromatic carbocycles. The molecule has 2 atom stereocenters. The lowest BCUT2D eigenvalue weighted by Gasteiger charge is -2.31. The quantitative estimate of drug-likeness (QED) is 0.606. The fourth-order valence-electron chi connectivity index (χ4n) is 3.09. The normalized spacial score (nSPS) is 30.8. The smallest absolute Gasteiger partial charge is 0.0130 e. The lowest BCUT2D eigenvalue weighted by Crippen LogP contribution is -2.15. The fraction of sp³-hybridized carbons (Fsp3) is 0.667. The van der Waals surface area contributed by atoms with Crippen LogP contribution in [0.4, 0.5) is 0 Å². The summed E-state index contributed by atoms with van der Waals surface area (Å²) in [4.78, 5) is 0. The first-order valence-electron chi connectivity index (χ1n) is 6.61. The molecule has 1 heteroatoms. The maximum Gasteiger partial charge on any atom is 0.0130 e. The molecule has 0 N–H and O–H groups in total. The summed E-state index contributed by atoms with van der Waals surface area (Å²) in [6, 6.07) is 0. The average Bonchev–Trinajstić information content (AvgIpc) is 2.85. The summed E-state index contributed by atoms with van der Waals surface area (Å²) < 4.78 is 0. The zero-order valence-electron chi connectivity index (χ0n) is 11.0. The van der Waals surface area contributed by atoms with Crippen molar-refractivity contribution < 1.29 is 0 Å². The Morgan fingerprint density at radius 3 is 1.94 bits per heavy atom. The average molecular weight is 235 g/mol. The molecule has 0 amide bonds. The van der Waals surface area contributed by atoms with Gasteiger partial charge in [-0.3, -0.25) is 0 Å². The molecule has 1 heterocycles. The zero-order valence-corrected chi connectivity index (χ0v) is 11.9. The Labute approximate surface area is 102 Å². The molecule has 0 bridgehead atoms. The molecule has 0 unspecified atom stereocenters. The standard InChI is InChI=1S/C15H24P/c1-11(2)14-9-10-15(12(3)4)16(14)13-7-5-6-8-13/h5-8,11-12,14-15H,9-10H2,1-4H3/t14-,15-/m1/s1. The SMILES string of the molecule is CC(C)[C@H]1CC[C@H](C(C)C)P1C1=CC=C[CH]1. The Hall–Kier alpha value is -0.0900. The molecule has 0 aromatic rings. The van der Waals surface area contributed by atoms with Gasteiger partial charge >= 0.3 is 0 Å². The number of rotatable bonds is 3. The second-order valence-electron chi connectivity index (χ2n) is 5.75. The van der Waals surface area contributed by atoms with Crippen molar-refractivity contribution in [1.82, 2.24) is 0 Å². The van der Waals surface area contributed by atoms with Crippen LogP contribution in [-0.4, -0.2) is 11.3 Å². The first kappa shape index (κ1) is 12.4. The molecule has 0 nitrogen and oxygen atoms in total. The summed E-state index contributed by atoms with van der Waals surface area (Å²) >= 11 is 0. The van der Waals surface area contributed by atoms with E-state index < -0.39 is 0 Å². The highest BCUT2D eigenvalue weighted by atomic mass is 31.1. The highest BCUT2D eigenvalue weighted by Gasteiger charge is 2.40. The Morgan fingerprint density at radius 2 is 1.56 bits per heavy atom. The maximum atomic E-state index is 2.41. The number of allylic oxidation sites excluding steroid dienone is 4. The van der Waals surface area contributed by atoms with E-state index in [9.17, 15) is 0 Å². The third-order valence-corrected chi connectivity index (χ3v) is 7.99. The summed E-state index contributed by atoms with van der Waals surface area (Å²) in [5.74, 6) is 1.70. The Bertz CT molecular complexity index is 283. The van der Waals surface area contributed by atoms with Gasteiger partial charge in [0.1, 0.15) is 0 Å². The van der Waals surface area contributed by atoms with Crippen molar-refractivity contribution in [2.24, 2.45) is 11.8 Å². The number of hydrogen-bond donors (Lipinski definition) is 0. The maximum absolute atomic E-state index is 2.41. The molecule has 0 aromatic heterocycles. The molecule has 2 rings (SSSR count). The summed E-state index contributed by atoms with van der Waals surface area (Å²) in [6.45, 7) is 9.63. The van der Waals surface area contributed by atoms with Crippen LogP contribution in [-0.2, 0) is 0 Å². The molecular weight excluding hydrogens is 211 g/mol. The van der Waals surface area contributed by atoms with Crippen LogP contribution in [0.2, 0.25) is 0 Å². The minimum atomic E-state index is 0.0910. The van der Waals surface area contributed by atoms with Crippen molar-refractivity contribution in [3.63, 3.8) is 0 Å². The van der Waals surface area contributed by atoms with Crippen LogP contribution >= 0.6 is 7.92 Å². The van der Waals surface area contributed by atoms with Crippen LogP contribution in [0.15, 0.2) is 23.5 Å². The minimum Gasteiger partial charge on any atom is -0.0760 e. The van der Waals surface area contributed by atoms with Gasteiger partial charge in [0.05, 0.1) is 0 Å². The van der Waals surface area contributed by atoms with E-state index in [2.05, 4.69) is 52.3 Å². The van der Waals surface area contributed by atoms with Crippen molar-refractivity contribution in [3.8, 4) is 0 Å². The van der Waals surface area contributed by atoms with Gasteiger partial charge in [0.15, 0.2) is 0 Å². The molecule has 0 spiro atoms. The largest absolute Gasteiger partial charge is 0.0760 e. The van der Waals surface area contributed by atoms with Gasteiger partial charge in [-0.25, -0.2) is 0 Å². The summed E-state index contributed by atoms with van der Waals surface area (Å²) in [7, 11) is 0.0910. The van der Waals surface area contributed by atoms with E-state index >= 15 is 0 Å². The molecule has 1 saturated heterocycles. The predicted octanol–water partition coefficient (Wildman–Crippen LogP) is 4.97. The van der Waals surface area contributed by atoms with Crippen LogP contribution < -0.4 is 0 Å². The van der Waals surface area contributed by atoms with Gasteiger partial charge in [-0.15, -0.1) is 0 Å². The van der Waals surface area contributed by atoms with Gasteiger partial charge < -0.3 is 0 Å². The summed E-state index contributed by atoms with van der Waals surface area (Å²) in [5.41, 5.74) is 1.93. The van der Waals surface area contributed by atoms with Crippen LogP contribution in [0.25, 0.3) is 0 Å². The second kappa shape index (κ2) is 5.05. The lowest BCUT2D eigenvalue weighted by molar-refractivity contribution is 0.543. The molecule has 1 radical (unpaired) electrons. The highest BCUT2D eigenvalue weighted by molar-refractivity contribution is 7.64. The Balaban J connectivity index is 2.18. The van der Waals surface area contributed by atoms with E-state index in [4.69, 9.17) is 0 Å². The van der Waals surface area contributed by atoms with Gasteiger partial charge in [-0.1, -0.05) is 53.8 Å². The third-order valence-electron chi connectivity index (χ3n) is 3.96. The van der Waals surface area contributed by atoms with E-state index in [1.54, 1.807) is 5.31 Å². The first-order chi connectivity index (χ1) is 7.61. The molecule has 0 saturated carbocycles. The van der Waals surface area contributed by atoms with E-state index in [0.29, 0.717) is 0 Å². The van der Waals surface area contributed by atoms with Crippen molar-refractivity contribution in [2.75, 3.05) is 0 Å². The number of hydrogen-bond acceptors (Lipinski definition) is 0. The fourth-order valence-corrected chi connectivity index (χ4v) is 7.01. The lowest BCUT2D eigenvalue weighted by atomic mass is 10.0. The molecule has 1 fully saturated rings. The van der Waals surface area contributed by atoms with Gasteiger partial charge in [0.25, 0.3) is 0 Å². The van der Waals surface area contributed by atoms with Crippen LogP contribution in [0.3, 0.4) is 0 Å². The van der Waals surface area contributed by atoms with E-state index in [0.717, 1.165) is 23.2 Å². The summed E-state index contributed by atoms with van der Waals surface area (Å²) in [6.07, 6.45) is 12.1. The molecule has 1 aliphatic carbocycles. The summed E-state index contributed by atoms with van der Waals surface area (Å²) in [5, 5.41) is 1.66. The second-order valence-corrected chi connectivity index (χ2v) is 8.41. The molecule has 89 valence electrons. The monoisotopic (exact) mass is 235 g/mol. The van der Waals surface area contributed by atoms with E-state index in [1.165, 1.54) is 12.8 Å². The molecule has 2 aliphatic rings. The van der Waals surface area contributed by atoms with Crippen LogP contribution in [0, 0.1) is 18.3 Å². The topological polar surface area (TPSA) is 0 Å². The van der Waals surface area contributed by atoms with E-state index in [1.807, 2.05) is 0 Å². The molecule has 1 aliphatic heterocycles. The zero-order chi connectivity index (χ0) is 11.7. The highest BCUT2D eigenvalue weighted by Crippen LogP contribution is 2.66. The van der Waals surface area contributed by atoms with Crippen LogP contribution in [0.5, 0.6) is 0 Å². The first-order valence-corrected chi connectivity index (χ1v) is 8.09.